The molecule has 1 amide bonds. The van der Waals surface area contributed by atoms with Crippen molar-refractivity contribution in [1.82, 2.24) is 0 Å². The van der Waals surface area contributed by atoms with Crippen molar-refractivity contribution < 1.29 is 19.1 Å². The van der Waals surface area contributed by atoms with Crippen LogP contribution in [-0.4, -0.2) is 11.9 Å². The van der Waals surface area contributed by atoms with Crippen LogP contribution in [0.3, 0.4) is 0 Å². The normalized spacial score (nSPS) is 30.4. The van der Waals surface area contributed by atoms with Crippen molar-refractivity contribution in [3.8, 4) is 0 Å². The molecule has 3 rings (SSSR count). The van der Waals surface area contributed by atoms with E-state index in [9.17, 15) is 19.1 Å². The summed E-state index contributed by atoms with van der Waals surface area (Å²) in [5, 5.41) is 13.8. The van der Waals surface area contributed by atoms with Crippen molar-refractivity contribution in [1.29, 1.82) is 0 Å². The zero-order chi connectivity index (χ0) is 15.1. The lowest BCUT2D eigenvalue weighted by atomic mass is 9.78. The van der Waals surface area contributed by atoms with Crippen molar-refractivity contribution in [3.63, 3.8) is 0 Å². The van der Waals surface area contributed by atoms with Crippen molar-refractivity contribution in [2.45, 2.75) is 19.3 Å². The Balaban J connectivity index is 1.80. The summed E-state index contributed by atoms with van der Waals surface area (Å²) in [6.45, 7) is 0. The molecule has 2 fully saturated rings. The maximum absolute atomic E-state index is 13.8. The zero-order valence-electron chi connectivity index (χ0n) is 11.1. The van der Waals surface area contributed by atoms with Gasteiger partial charge in [-0.3, -0.25) is 4.79 Å². The molecule has 1 N–H and O–H groups in total. The molecule has 0 saturated heterocycles. The highest BCUT2D eigenvalue weighted by Gasteiger charge is 2.51. The van der Waals surface area contributed by atoms with Gasteiger partial charge in [0, 0.05) is 22.3 Å². The van der Waals surface area contributed by atoms with Crippen LogP contribution in [-0.2, 0) is 9.59 Å². The highest BCUT2D eigenvalue weighted by Crippen LogP contribution is 2.52. The van der Waals surface area contributed by atoms with Crippen molar-refractivity contribution in [2.24, 2.45) is 23.7 Å². The summed E-state index contributed by atoms with van der Waals surface area (Å²) < 4.78 is 14.3. The fourth-order valence-corrected chi connectivity index (χ4v) is 4.15. The highest BCUT2D eigenvalue weighted by atomic mass is 79.9. The van der Waals surface area contributed by atoms with Crippen LogP contribution in [0.25, 0.3) is 0 Å². The maximum Gasteiger partial charge on any atom is 0.228 e. The van der Waals surface area contributed by atoms with E-state index in [4.69, 9.17) is 0 Å². The number of benzene rings is 1. The lowest BCUT2D eigenvalue weighted by Gasteiger charge is -2.30. The third-order valence-electron chi connectivity index (χ3n) is 4.68. The third kappa shape index (κ3) is 2.57. The van der Waals surface area contributed by atoms with Gasteiger partial charge >= 0.3 is 0 Å². The molecule has 4 nitrogen and oxygen atoms in total. The zero-order valence-corrected chi connectivity index (χ0v) is 12.7. The Hall–Kier alpha value is -1.43. The van der Waals surface area contributed by atoms with Crippen molar-refractivity contribution >= 4 is 33.5 Å². The number of carboxylic acids is 1. The summed E-state index contributed by atoms with van der Waals surface area (Å²) in [5.74, 6) is -3.41. The van der Waals surface area contributed by atoms with E-state index >= 15 is 0 Å². The Morgan fingerprint density at radius 3 is 2.52 bits per heavy atom. The first kappa shape index (κ1) is 14.5. The predicted octanol–water partition coefficient (Wildman–Crippen LogP) is 1.94. The van der Waals surface area contributed by atoms with Crippen molar-refractivity contribution in [3.05, 3.63) is 28.5 Å². The van der Waals surface area contributed by atoms with Crippen LogP contribution in [0.2, 0.25) is 0 Å². The molecule has 6 heteroatoms. The van der Waals surface area contributed by atoms with E-state index in [2.05, 4.69) is 21.2 Å². The van der Waals surface area contributed by atoms with Crippen molar-refractivity contribution in [2.75, 3.05) is 5.32 Å². The van der Waals surface area contributed by atoms with Gasteiger partial charge in [-0.15, -0.1) is 0 Å². The number of nitrogens with one attached hydrogen (secondary N) is 1. The predicted molar refractivity (Wildman–Crippen MR) is 75.5 cm³/mol. The van der Waals surface area contributed by atoms with Crippen LogP contribution in [0.4, 0.5) is 10.1 Å². The van der Waals surface area contributed by atoms with Crippen LogP contribution in [0.5, 0.6) is 0 Å². The van der Waals surface area contributed by atoms with Gasteiger partial charge in [0.25, 0.3) is 0 Å². The number of carbonyl (C=O) groups excluding carboxylic acids is 2. The first-order chi connectivity index (χ1) is 9.97. The van der Waals surface area contributed by atoms with Gasteiger partial charge in [0.15, 0.2) is 0 Å². The molecule has 0 heterocycles. The minimum absolute atomic E-state index is 0.0190. The second-order valence-corrected chi connectivity index (χ2v) is 6.73. The second kappa shape index (κ2) is 5.40. The smallest absolute Gasteiger partial charge is 0.228 e. The number of carboxylic acid groups (broad SMARTS) is 1. The van der Waals surface area contributed by atoms with Gasteiger partial charge in [0.1, 0.15) is 5.82 Å². The number of fused-ring (bicyclic) bond motifs is 2. The summed E-state index contributed by atoms with van der Waals surface area (Å²) in [6.07, 6.45) is 2.44. The third-order valence-corrected chi connectivity index (χ3v) is 5.17. The number of anilines is 1. The van der Waals surface area contributed by atoms with Crippen LogP contribution >= 0.6 is 15.9 Å². The first-order valence-electron chi connectivity index (χ1n) is 6.94. The Bertz CT molecular complexity index is 607. The Morgan fingerprint density at radius 2 is 1.90 bits per heavy atom. The average molecular weight is 355 g/mol. The van der Waals surface area contributed by atoms with Gasteiger partial charge in [-0.1, -0.05) is 15.9 Å². The number of halogens is 2. The molecule has 2 saturated carbocycles. The van der Waals surface area contributed by atoms with Gasteiger partial charge in [-0.2, -0.15) is 0 Å². The molecular formula is C15H14BrFNO3-. The van der Waals surface area contributed by atoms with E-state index in [-0.39, 0.29) is 17.5 Å². The van der Waals surface area contributed by atoms with Gasteiger partial charge in [0.05, 0.1) is 5.69 Å². The molecule has 0 spiro atoms. The van der Waals surface area contributed by atoms with Crippen LogP contribution < -0.4 is 10.4 Å². The molecule has 4 atom stereocenters. The standard InChI is InChI=1S/C15H15BrFNO3/c16-9-3-4-11(10(17)6-9)18-14(19)12-7-1-2-8(5-7)13(12)15(20)21/h3-4,6-8,12-13H,1-2,5H2,(H,18,19)(H,20,21)/p-1/t7-,8+,12-,13+/m1/s1. The van der Waals surface area contributed by atoms with E-state index in [0.717, 1.165) is 19.3 Å². The second-order valence-electron chi connectivity index (χ2n) is 5.82. The fourth-order valence-electron chi connectivity index (χ4n) is 3.81. The SMILES string of the molecule is O=C(Nc1ccc(Br)cc1F)[C@@H]1[C@@H]2CC[C@@H](C2)[C@@H]1C(=O)[O-]. The lowest BCUT2D eigenvalue weighted by molar-refractivity contribution is -0.314. The minimum atomic E-state index is -1.17. The number of amides is 1. The van der Waals surface area contributed by atoms with E-state index in [1.165, 1.54) is 12.1 Å². The first-order valence-corrected chi connectivity index (χ1v) is 7.73. The fraction of sp³-hybridized carbons (Fsp3) is 0.467. The molecule has 0 aromatic heterocycles. The molecule has 1 aromatic carbocycles. The topological polar surface area (TPSA) is 69.2 Å². The number of hydrogen-bond donors (Lipinski definition) is 1. The molecule has 2 aliphatic carbocycles. The Kier molecular flexibility index (Phi) is 3.73. The van der Waals surface area contributed by atoms with Crippen LogP contribution in [0.1, 0.15) is 19.3 Å². The number of carbonyl (C=O) groups is 2. The van der Waals surface area contributed by atoms with E-state index in [0.29, 0.717) is 4.47 Å². The molecule has 2 bridgehead atoms. The van der Waals surface area contributed by atoms with Gasteiger partial charge in [-0.25, -0.2) is 4.39 Å². The van der Waals surface area contributed by atoms with Crippen LogP contribution in [0, 0.1) is 29.5 Å². The Morgan fingerprint density at radius 1 is 1.24 bits per heavy atom. The average Bonchev–Trinajstić information content (AvgIpc) is 3.02. The Labute approximate surface area is 129 Å². The van der Waals surface area contributed by atoms with E-state index < -0.39 is 29.5 Å². The van der Waals surface area contributed by atoms with Crippen LogP contribution in [0.15, 0.2) is 22.7 Å². The maximum atomic E-state index is 13.8. The molecule has 21 heavy (non-hydrogen) atoms. The molecule has 1 aromatic rings. The number of hydrogen-bond acceptors (Lipinski definition) is 3. The summed E-state index contributed by atoms with van der Waals surface area (Å²) in [5.41, 5.74) is 0.0723. The lowest BCUT2D eigenvalue weighted by Crippen LogP contribution is -2.44. The molecular weight excluding hydrogens is 341 g/mol. The monoisotopic (exact) mass is 354 g/mol. The summed E-state index contributed by atoms with van der Waals surface area (Å²) >= 11 is 3.15. The van der Waals surface area contributed by atoms with Gasteiger partial charge in [-0.05, 0) is 49.3 Å². The quantitative estimate of drug-likeness (QED) is 0.901. The van der Waals surface area contributed by atoms with Gasteiger partial charge in [0.2, 0.25) is 5.91 Å². The molecule has 0 radical (unpaired) electrons. The number of rotatable bonds is 3. The van der Waals surface area contributed by atoms with E-state index in [1.807, 2.05) is 0 Å². The summed E-state index contributed by atoms with van der Waals surface area (Å²) in [4.78, 5) is 23.7. The molecule has 112 valence electrons. The van der Waals surface area contributed by atoms with Gasteiger partial charge < -0.3 is 15.2 Å². The summed E-state index contributed by atoms with van der Waals surface area (Å²) in [6, 6.07) is 4.33. The molecule has 2 aliphatic rings. The minimum Gasteiger partial charge on any atom is -0.550 e. The molecule has 0 aliphatic heterocycles. The highest BCUT2D eigenvalue weighted by molar-refractivity contribution is 9.10. The van der Waals surface area contributed by atoms with E-state index in [1.54, 1.807) is 6.07 Å². The number of aliphatic carboxylic acids is 1. The largest absolute Gasteiger partial charge is 0.550 e. The molecule has 0 unspecified atom stereocenters. The summed E-state index contributed by atoms with van der Waals surface area (Å²) in [7, 11) is 0.